The molecule has 4 N–H and O–H groups in total. The molecule has 0 heterocycles. The van der Waals surface area contributed by atoms with Crippen LogP contribution in [0.2, 0.25) is 0 Å². The first-order valence-electron chi connectivity index (χ1n) is 4.94. The molecule has 0 saturated heterocycles. The fourth-order valence-electron chi connectivity index (χ4n) is 1.30. The van der Waals surface area contributed by atoms with Crippen LogP contribution >= 0.6 is 0 Å². The van der Waals surface area contributed by atoms with Crippen molar-refractivity contribution in [3.63, 3.8) is 0 Å². The molecule has 0 aromatic rings. The van der Waals surface area contributed by atoms with Gasteiger partial charge in [-0.2, -0.15) is 0 Å². The van der Waals surface area contributed by atoms with Crippen molar-refractivity contribution < 1.29 is 0 Å². The average Bonchev–Trinajstić information content (AvgIpc) is 2.11. The van der Waals surface area contributed by atoms with E-state index in [9.17, 15) is 0 Å². The van der Waals surface area contributed by atoms with E-state index in [1.165, 1.54) is 0 Å². The highest BCUT2D eigenvalue weighted by Crippen LogP contribution is 2.04. The third kappa shape index (κ3) is 3.52. The van der Waals surface area contributed by atoms with Crippen molar-refractivity contribution in [1.82, 2.24) is 4.90 Å². The van der Waals surface area contributed by atoms with Gasteiger partial charge in [0.15, 0.2) is 0 Å². The zero-order valence-electron chi connectivity index (χ0n) is 8.59. The van der Waals surface area contributed by atoms with E-state index in [0.717, 1.165) is 25.8 Å². The first-order valence-corrected chi connectivity index (χ1v) is 4.94. The van der Waals surface area contributed by atoms with Gasteiger partial charge < -0.3 is 11.5 Å². The Balaban J connectivity index is 4.01. The van der Waals surface area contributed by atoms with Crippen molar-refractivity contribution >= 4 is 0 Å². The summed E-state index contributed by atoms with van der Waals surface area (Å²) in [6.07, 6.45) is 3.29. The first-order chi connectivity index (χ1) is 5.67. The average molecular weight is 173 g/mol. The van der Waals surface area contributed by atoms with Crippen LogP contribution in [0.3, 0.4) is 0 Å². The molecule has 74 valence electrons. The quantitative estimate of drug-likeness (QED) is 0.591. The minimum absolute atomic E-state index is 0.125. The highest BCUT2D eigenvalue weighted by Gasteiger charge is 2.16. The SMILES string of the molecule is CCCN(C(N)CC)C(N)CC. The molecule has 0 aliphatic rings. The highest BCUT2D eigenvalue weighted by molar-refractivity contribution is 4.69. The second kappa shape index (κ2) is 6.40. The summed E-state index contributed by atoms with van der Waals surface area (Å²) >= 11 is 0. The molecule has 0 bridgehead atoms. The zero-order chi connectivity index (χ0) is 9.56. The van der Waals surface area contributed by atoms with Gasteiger partial charge in [0, 0.05) is 6.54 Å². The van der Waals surface area contributed by atoms with Crippen LogP contribution in [0.4, 0.5) is 0 Å². The lowest BCUT2D eigenvalue weighted by atomic mass is 10.2. The summed E-state index contributed by atoms with van der Waals surface area (Å²) in [6.45, 7) is 7.34. The van der Waals surface area contributed by atoms with E-state index in [-0.39, 0.29) is 12.3 Å². The summed E-state index contributed by atoms with van der Waals surface area (Å²) in [7, 11) is 0. The lowest BCUT2D eigenvalue weighted by Gasteiger charge is -2.32. The smallest absolute Gasteiger partial charge is 0.0582 e. The van der Waals surface area contributed by atoms with Gasteiger partial charge in [0.05, 0.1) is 12.3 Å². The molecular weight excluding hydrogens is 150 g/mol. The van der Waals surface area contributed by atoms with E-state index in [2.05, 4.69) is 25.7 Å². The lowest BCUT2D eigenvalue weighted by molar-refractivity contribution is 0.131. The van der Waals surface area contributed by atoms with Crippen LogP contribution in [0.1, 0.15) is 40.0 Å². The summed E-state index contributed by atoms with van der Waals surface area (Å²) in [4.78, 5) is 2.18. The summed E-state index contributed by atoms with van der Waals surface area (Å²) in [5, 5.41) is 0. The predicted octanol–water partition coefficient (Wildman–Crippen LogP) is 1.09. The van der Waals surface area contributed by atoms with Crippen molar-refractivity contribution in [2.75, 3.05) is 6.54 Å². The van der Waals surface area contributed by atoms with Crippen LogP contribution in [0.15, 0.2) is 0 Å². The molecule has 0 aliphatic carbocycles. The zero-order valence-corrected chi connectivity index (χ0v) is 8.59. The Hall–Kier alpha value is -0.120. The minimum Gasteiger partial charge on any atom is -0.316 e. The monoisotopic (exact) mass is 173 g/mol. The number of hydrogen-bond acceptors (Lipinski definition) is 3. The Bertz CT molecular complexity index is 95.9. The predicted molar refractivity (Wildman–Crippen MR) is 53.5 cm³/mol. The molecule has 0 aromatic heterocycles. The van der Waals surface area contributed by atoms with Crippen LogP contribution in [-0.2, 0) is 0 Å². The molecule has 0 spiro atoms. The maximum Gasteiger partial charge on any atom is 0.0582 e. The molecule has 2 atom stereocenters. The van der Waals surface area contributed by atoms with Crippen molar-refractivity contribution in [1.29, 1.82) is 0 Å². The van der Waals surface area contributed by atoms with Gasteiger partial charge in [-0.05, 0) is 19.3 Å². The molecule has 0 amide bonds. The molecule has 0 radical (unpaired) electrons. The van der Waals surface area contributed by atoms with Crippen LogP contribution in [0.25, 0.3) is 0 Å². The molecule has 0 fully saturated rings. The number of nitrogens with two attached hydrogens (primary N) is 2. The Morgan fingerprint density at radius 1 is 1.00 bits per heavy atom. The Morgan fingerprint density at radius 3 is 1.67 bits per heavy atom. The normalized spacial score (nSPS) is 16.5. The summed E-state index contributed by atoms with van der Waals surface area (Å²) < 4.78 is 0. The van der Waals surface area contributed by atoms with Crippen molar-refractivity contribution in [3.05, 3.63) is 0 Å². The van der Waals surface area contributed by atoms with Crippen LogP contribution in [0.5, 0.6) is 0 Å². The van der Waals surface area contributed by atoms with Gasteiger partial charge in [0.1, 0.15) is 0 Å². The van der Waals surface area contributed by atoms with Crippen LogP contribution in [-0.4, -0.2) is 23.8 Å². The number of rotatable bonds is 6. The number of nitrogens with zero attached hydrogens (tertiary/aromatic N) is 1. The molecule has 0 rings (SSSR count). The van der Waals surface area contributed by atoms with E-state index < -0.39 is 0 Å². The third-order valence-electron chi connectivity index (χ3n) is 2.17. The van der Waals surface area contributed by atoms with Gasteiger partial charge in [-0.3, -0.25) is 4.90 Å². The summed E-state index contributed by atoms with van der Waals surface area (Å²) in [6, 6.07) is 0. The van der Waals surface area contributed by atoms with Gasteiger partial charge in [-0.15, -0.1) is 0 Å². The highest BCUT2D eigenvalue weighted by atomic mass is 15.3. The Morgan fingerprint density at radius 2 is 1.42 bits per heavy atom. The van der Waals surface area contributed by atoms with E-state index in [1.54, 1.807) is 0 Å². The van der Waals surface area contributed by atoms with Gasteiger partial charge in [-0.1, -0.05) is 20.8 Å². The molecule has 3 nitrogen and oxygen atoms in total. The molecule has 3 heteroatoms. The fourth-order valence-corrected chi connectivity index (χ4v) is 1.30. The van der Waals surface area contributed by atoms with Crippen molar-refractivity contribution in [2.45, 2.75) is 52.4 Å². The van der Waals surface area contributed by atoms with Crippen molar-refractivity contribution in [3.8, 4) is 0 Å². The molecule has 2 unspecified atom stereocenters. The first kappa shape index (κ1) is 11.9. The summed E-state index contributed by atoms with van der Waals surface area (Å²) in [5.74, 6) is 0. The second-order valence-electron chi connectivity index (χ2n) is 3.19. The second-order valence-corrected chi connectivity index (χ2v) is 3.19. The molecule has 12 heavy (non-hydrogen) atoms. The van der Waals surface area contributed by atoms with E-state index in [1.807, 2.05) is 0 Å². The van der Waals surface area contributed by atoms with E-state index in [4.69, 9.17) is 11.5 Å². The van der Waals surface area contributed by atoms with Crippen LogP contribution in [0, 0.1) is 0 Å². The topological polar surface area (TPSA) is 55.3 Å². The minimum atomic E-state index is 0.125. The standard InChI is InChI=1S/C9H23N3/c1-4-7-12(8(10)5-2)9(11)6-3/h8-9H,4-7,10-11H2,1-3H3. The fraction of sp³-hybridized carbons (Fsp3) is 1.00. The van der Waals surface area contributed by atoms with Crippen LogP contribution < -0.4 is 11.5 Å². The Kier molecular flexibility index (Phi) is 6.34. The van der Waals surface area contributed by atoms with Gasteiger partial charge in [-0.25, -0.2) is 0 Å². The Labute approximate surface area is 76.1 Å². The largest absolute Gasteiger partial charge is 0.316 e. The summed E-state index contributed by atoms with van der Waals surface area (Å²) in [5.41, 5.74) is 11.9. The molecule has 0 saturated carbocycles. The van der Waals surface area contributed by atoms with Gasteiger partial charge in [0.2, 0.25) is 0 Å². The van der Waals surface area contributed by atoms with E-state index >= 15 is 0 Å². The lowest BCUT2D eigenvalue weighted by Crippen LogP contribution is -2.51. The van der Waals surface area contributed by atoms with E-state index in [0.29, 0.717) is 0 Å². The molecule has 0 aromatic carbocycles. The third-order valence-corrected chi connectivity index (χ3v) is 2.17. The number of hydrogen-bond donors (Lipinski definition) is 2. The molecular formula is C9H23N3. The van der Waals surface area contributed by atoms with Gasteiger partial charge >= 0.3 is 0 Å². The maximum absolute atomic E-state index is 5.93. The molecule has 0 aliphatic heterocycles. The maximum atomic E-state index is 5.93. The van der Waals surface area contributed by atoms with Gasteiger partial charge in [0.25, 0.3) is 0 Å². The van der Waals surface area contributed by atoms with Crippen molar-refractivity contribution in [2.24, 2.45) is 11.5 Å².